The van der Waals surface area contributed by atoms with Crippen molar-refractivity contribution in [1.29, 1.82) is 0 Å². The van der Waals surface area contributed by atoms with Crippen molar-refractivity contribution in [1.82, 2.24) is 20.0 Å². The molecule has 1 saturated heterocycles. The van der Waals surface area contributed by atoms with E-state index in [0.717, 1.165) is 55.2 Å². The van der Waals surface area contributed by atoms with Gasteiger partial charge in [-0.3, -0.25) is 9.69 Å². The smallest absolute Gasteiger partial charge is 0.255 e. The van der Waals surface area contributed by atoms with E-state index in [4.69, 9.17) is 0 Å². The molecular weight excluding hydrogens is 446 g/mol. The number of aryl methyl sites for hydroxylation is 2. The first-order valence-electron chi connectivity index (χ1n) is 12.5. The Labute approximate surface area is 214 Å². The summed E-state index contributed by atoms with van der Waals surface area (Å²) in [5.41, 5.74) is 6.71. The molecule has 184 valence electrons. The summed E-state index contributed by atoms with van der Waals surface area (Å²) in [6.45, 7) is 9.48. The molecule has 0 saturated carbocycles. The van der Waals surface area contributed by atoms with Crippen LogP contribution in [0.2, 0.25) is 0 Å². The van der Waals surface area contributed by atoms with Crippen LogP contribution in [-0.4, -0.2) is 60.0 Å². The first kappa shape index (κ1) is 23.9. The molecular formula is C30H33N5O. The number of carbonyl (C=O) groups is 1. The number of piperazine rings is 1. The summed E-state index contributed by atoms with van der Waals surface area (Å²) in [5.74, 6) is 6.38. The topological polar surface area (TPSA) is 50.9 Å². The number of allylic oxidation sites excluding steroid dienone is 3. The molecule has 1 unspecified atom stereocenters. The van der Waals surface area contributed by atoms with E-state index < -0.39 is 0 Å². The summed E-state index contributed by atoms with van der Waals surface area (Å²) >= 11 is 0. The minimum absolute atomic E-state index is 0.119. The zero-order valence-electron chi connectivity index (χ0n) is 21.2. The van der Waals surface area contributed by atoms with Gasteiger partial charge in [0.15, 0.2) is 0 Å². The monoisotopic (exact) mass is 479 g/mol. The third kappa shape index (κ3) is 5.38. The zero-order valence-corrected chi connectivity index (χ0v) is 21.2. The van der Waals surface area contributed by atoms with Gasteiger partial charge in [0.1, 0.15) is 11.9 Å². The zero-order chi connectivity index (χ0) is 25.1. The SMILES string of the molecule is Cc1ccc(C(=O)Nc2ccc(CN3CCN(C)CC3)c(C)c2)cc1C#CC1=CNC2C=CC=CN12. The van der Waals surface area contributed by atoms with Crippen molar-refractivity contribution in [3.05, 3.63) is 101 Å². The van der Waals surface area contributed by atoms with Crippen LogP contribution >= 0.6 is 0 Å². The fourth-order valence-electron chi connectivity index (χ4n) is 4.63. The van der Waals surface area contributed by atoms with Crippen molar-refractivity contribution in [2.24, 2.45) is 0 Å². The first-order chi connectivity index (χ1) is 17.5. The van der Waals surface area contributed by atoms with Crippen molar-refractivity contribution in [3.8, 4) is 11.8 Å². The summed E-state index contributed by atoms with van der Waals surface area (Å²) in [6.07, 6.45) is 10.2. The van der Waals surface area contributed by atoms with E-state index in [1.165, 1.54) is 11.1 Å². The third-order valence-electron chi connectivity index (χ3n) is 7.04. The lowest BCUT2D eigenvalue weighted by molar-refractivity contribution is 0.102. The molecule has 36 heavy (non-hydrogen) atoms. The van der Waals surface area contributed by atoms with Crippen LogP contribution in [-0.2, 0) is 6.54 Å². The fourth-order valence-corrected chi connectivity index (χ4v) is 4.63. The van der Waals surface area contributed by atoms with E-state index in [0.29, 0.717) is 5.56 Å². The maximum absolute atomic E-state index is 13.1. The number of rotatable bonds is 4. The number of nitrogens with zero attached hydrogens (tertiary/aromatic N) is 3. The van der Waals surface area contributed by atoms with Crippen molar-refractivity contribution < 1.29 is 4.79 Å². The molecule has 3 aliphatic rings. The number of carbonyl (C=O) groups excluding carboxylic acids is 1. The van der Waals surface area contributed by atoms with Gasteiger partial charge in [0, 0.05) is 61.9 Å². The average molecular weight is 480 g/mol. The summed E-state index contributed by atoms with van der Waals surface area (Å²) in [5, 5.41) is 6.37. The van der Waals surface area contributed by atoms with Gasteiger partial charge in [0.2, 0.25) is 0 Å². The van der Waals surface area contributed by atoms with Crippen LogP contribution in [0.4, 0.5) is 5.69 Å². The van der Waals surface area contributed by atoms with Crippen LogP contribution in [0.25, 0.3) is 0 Å². The summed E-state index contributed by atoms with van der Waals surface area (Å²) in [4.78, 5) is 20.0. The van der Waals surface area contributed by atoms with Gasteiger partial charge in [-0.25, -0.2) is 0 Å². The highest BCUT2D eigenvalue weighted by molar-refractivity contribution is 6.04. The maximum Gasteiger partial charge on any atom is 0.255 e. The molecule has 1 amide bonds. The van der Waals surface area contributed by atoms with Crippen LogP contribution in [0.1, 0.15) is 32.6 Å². The van der Waals surface area contributed by atoms with E-state index in [-0.39, 0.29) is 12.1 Å². The maximum atomic E-state index is 13.1. The summed E-state index contributed by atoms with van der Waals surface area (Å²) < 4.78 is 0. The van der Waals surface area contributed by atoms with Gasteiger partial charge >= 0.3 is 0 Å². The van der Waals surface area contributed by atoms with E-state index in [9.17, 15) is 4.79 Å². The molecule has 2 N–H and O–H groups in total. The number of nitrogens with one attached hydrogen (secondary N) is 2. The molecule has 2 aromatic carbocycles. The molecule has 1 fully saturated rings. The lowest BCUT2D eigenvalue weighted by Crippen LogP contribution is -2.43. The Balaban J connectivity index is 1.25. The number of anilines is 1. The molecule has 5 rings (SSSR count). The number of fused-ring (bicyclic) bond motifs is 1. The highest BCUT2D eigenvalue weighted by Gasteiger charge is 2.21. The summed E-state index contributed by atoms with van der Waals surface area (Å²) in [6, 6.07) is 11.9. The lowest BCUT2D eigenvalue weighted by atomic mass is 10.0. The number of benzene rings is 2. The molecule has 0 aliphatic carbocycles. The molecule has 1 atom stereocenters. The number of hydrogen-bond acceptors (Lipinski definition) is 5. The lowest BCUT2D eigenvalue weighted by Gasteiger charge is -2.32. The standard InChI is InChI=1S/C30H33N5O/c1-22-7-8-25(19-24(22)10-12-28-20-31-29-6-4-5-13-35(28)29)30(36)32-27-11-9-26(23(2)18-27)21-34-16-14-33(3)15-17-34/h4-9,11,13,18-20,29,31H,14-17,21H2,1-3H3,(H,32,36). The van der Waals surface area contributed by atoms with E-state index in [2.05, 4.69) is 69.4 Å². The highest BCUT2D eigenvalue weighted by Crippen LogP contribution is 2.21. The Kier molecular flexibility index (Phi) is 6.95. The number of amides is 1. The van der Waals surface area contributed by atoms with Crippen LogP contribution in [0.3, 0.4) is 0 Å². The largest absolute Gasteiger partial charge is 0.365 e. The Morgan fingerprint density at radius 1 is 1.03 bits per heavy atom. The Hall–Kier alpha value is -3.79. The molecule has 3 heterocycles. The van der Waals surface area contributed by atoms with Crippen LogP contribution in [0, 0.1) is 25.7 Å². The molecule has 6 nitrogen and oxygen atoms in total. The first-order valence-corrected chi connectivity index (χ1v) is 12.5. The Bertz CT molecular complexity index is 1300. The van der Waals surface area contributed by atoms with Gasteiger partial charge in [0.05, 0.1) is 0 Å². The van der Waals surface area contributed by atoms with Gasteiger partial charge in [-0.2, -0.15) is 0 Å². The second-order valence-electron chi connectivity index (χ2n) is 9.73. The second-order valence-corrected chi connectivity index (χ2v) is 9.73. The van der Waals surface area contributed by atoms with Crippen LogP contribution in [0.5, 0.6) is 0 Å². The second kappa shape index (κ2) is 10.4. The van der Waals surface area contributed by atoms with Gasteiger partial charge < -0.3 is 20.4 Å². The normalized spacial score (nSPS) is 19.2. The molecule has 0 aromatic heterocycles. The Morgan fingerprint density at radius 2 is 1.86 bits per heavy atom. The molecule has 6 heteroatoms. The molecule has 2 aromatic rings. The Morgan fingerprint density at radius 3 is 2.67 bits per heavy atom. The highest BCUT2D eigenvalue weighted by atomic mass is 16.1. The minimum atomic E-state index is -0.129. The predicted molar refractivity (Wildman–Crippen MR) is 145 cm³/mol. The van der Waals surface area contributed by atoms with Gasteiger partial charge in [-0.15, -0.1) is 0 Å². The van der Waals surface area contributed by atoms with E-state index >= 15 is 0 Å². The van der Waals surface area contributed by atoms with Gasteiger partial charge in [-0.1, -0.05) is 24.1 Å². The molecule has 0 spiro atoms. The van der Waals surface area contributed by atoms with E-state index in [1.807, 2.05) is 55.7 Å². The van der Waals surface area contributed by atoms with Crippen molar-refractivity contribution in [2.75, 3.05) is 38.5 Å². The number of likely N-dealkylation sites (N-methyl/N-ethyl adjacent to an activating group) is 1. The molecule has 0 bridgehead atoms. The van der Waals surface area contributed by atoms with Crippen molar-refractivity contribution >= 4 is 11.6 Å². The van der Waals surface area contributed by atoms with Gasteiger partial charge in [0.25, 0.3) is 5.91 Å². The van der Waals surface area contributed by atoms with Gasteiger partial charge in [-0.05, 0) is 79.9 Å². The van der Waals surface area contributed by atoms with Crippen molar-refractivity contribution in [3.63, 3.8) is 0 Å². The summed E-state index contributed by atoms with van der Waals surface area (Å²) in [7, 11) is 2.17. The quantitative estimate of drug-likeness (QED) is 0.654. The predicted octanol–water partition coefficient (Wildman–Crippen LogP) is 3.81. The van der Waals surface area contributed by atoms with Crippen LogP contribution in [0.15, 0.2) is 72.7 Å². The average Bonchev–Trinajstić information content (AvgIpc) is 3.29. The van der Waals surface area contributed by atoms with Crippen LogP contribution < -0.4 is 10.6 Å². The van der Waals surface area contributed by atoms with Crippen molar-refractivity contribution in [2.45, 2.75) is 26.6 Å². The minimum Gasteiger partial charge on any atom is -0.365 e. The molecule has 0 radical (unpaired) electrons. The van der Waals surface area contributed by atoms with E-state index in [1.54, 1.807) is 0 Å². The molecule has 3 aliphatic heterocycles. The number of hydrogen-bond donors (Lipinski definition) is 2. The fraction of sp³-hybridized carbons (Fsp3) is 0.300. The third-order valence-corrected chi connectivity index (χ3v) is 7.04.